The summed E-state index contributed by atoms with van der Waals surface area (Å²) in [4.78, 5) is 25.5. The Balaban J connectivity index is 1.57. The Morgan fingerprint density at radius 3 is 2.18 bits per heavy atom. The number of carbonyl (C=O) groups excluding carboxylic acids is 2. The summed E-state index contributed by atoms with van der Waals surface area (Å²) in [5.74, 6) is -9.63. The molecular formula is C24H13Cl3F7N3O2. The molecule has 1 aliphatic rings. The monoisotopic (exact) mass is 613 g/mol. The lowest BCUT2D eigenvalue weighted by Crippen LogP contribution is -2.19. The topological polar surface area (TPSA) is 84.2 Å². The van der Waals surface area contributed by atoms with Crippen LogP contribution in [-0.2, 0) is 11.0 Å². The molecule has 2 amide bonds. The second kappa shape index (κ2) is 10.1. The fraction of sp³-hybridized carbons (Fsp3) is 0.167. The van der Waals surface area contributed by atoms with Gasteiger partial charge in [0.25, 0.3) is 5.91 Å². The standard InChI is InChI=1S/C24H13Cl3F7N3O2/c25-20-10(21(38)37-17-7-16(35)13(29)6-14(17)30)4-9(5-15(20)31)36-22(39)19-18(23(19,26)27)8-1-2-12(28)11(3-8)24(32,33)34/h1-7,18-19H,35H2,(H,36,39)(H,37,38)/t18-,19+/m0/s1. The average Bonchev–Trinajstić information content (AvgIpc) is 3.41. The minimum absolute atomic E-state index is 0.170. The van der Waals surface area contributed by atoms with Crippen LogP contribution in [0.1, 0.15) is 27.4 Å². The Morgan fingerprint density at radius 2 is 1.54 bits per heavy atom. The van der Waals surface area contributed by atoms with Gasteiger partial charge in [-0.1, -0.05) is 17.7 Å². The van der Waals surface area contributed by atoms with Crippen LogP contribution in [0.15, 0.2) is 42.5 Å². The zero-order valence-electron chi connectivity index (χ0n) is 18.9. The number of hydrogen-bond donors (Lipinski definition) is 3. The van der Waals surface area contributed by atoms with E-state index in [-0.39, 0.29) is 11.3 Å². The van der Waals surface area contributed by atoms with Crippen LogP contribution < -0.4 is 16.4 Å². The van der Waals surface area contributed by atoms with E-state index in [9.17, 15) is 40.3 Å². The average molecular weight is 615 g/mol. The van der Waals surface area contributed by atoms with Crippen molar-refractivity contribution < 1.29 is 40.3 Å². The van der Waals surface area contributed by atoms with Gasteiger partial charge in [0, 0.05) is 17.7 Å². The minimum atomic E-state index is -5.02. The highest BCUT2D eigenvalue weighted by molar-refractivity contribution is 6.53. The third-order valence-corrected chi connectivity index (χ3v) is 7.19. The normalized spacial score (nSPS) is 18.0. The molecule has 0 heterocycles. The van der Waals surface area contributed by atoms with Gasteiger partial charge >= 0.3 is 6.18 Å². The molecule has 3 aromatic carbocycles. The summed E-state index contributed by atoms with van der Waals surface area (Å²) < 4.78 is 93.0. The SMILES string of the molecule is Nc1cc(NC(=O)c2cc(NC(=O)[C@H]3[C@H](c4ccc(F)c(C(F)(F)F)c4)C3(Cl)Cl)cc(F)c2Cl)c(F)cc1F. The fourth-order valence-electron chi connectivity index (χ4n) is 3.92. The third-order valence-electron chi connectivity index (χ3n) is 5.87. The van der Waals surface area contributed by atoms with Crippen LogP contribution in [0.4, 0.5) is 47.8 Å². The molecule has 0 unspecified atom stereocenters. The van der Waals surface area contributed by atoms with Crippen molar-refractivity contribution in [1.82, 2.24) is 0 Å². The molecule has 4 N–H and O–H groups in total. The van der Waals surface area contributed by atoms with Gasteiger partial charge in [-0.2, -0.15) is 13.2 Å². The summed E-state index contributed by atoms with van der Waals surface area (Å²) in [6.45, 7) is 0. The van der Waals surface area contributed by atoms with Crippen molar-refractivity contribution in [2.24, 2.45) is 5.92 Å². The Bertz CT molecular complexity index is 1520. The second-order valence-electron chi connectivity index (χ2n) is 8.48. The number of alkyl halides is 5. The van der Waals surface area contributed by atoms with Gasteiger partial charge in [-0.3, -0.25) is 9.59 Å². The predicted molar refractivity (Wildman–Crippen MR) is 131 cm³/mol. The lowest BCUT2D eigenvalue weighted by Gasteiger charge is -2.12. The lowest BCUT2D eigenvalue weighted by atomic mass is 10.0. The van der Waals surface area contributed by atoms with E-state index >= 15 is 0 Å². The van der Waals surface area contributed by atoms with Crippen molar-refractivity contribution >= 4 is 63.7 Å². The van der Waals surface area contributed by atoms with E-state index in [1.54, 1.807) is 0 Å². The highest BCUT2D eigenvalue weighted by atomic mass is 35.5. The zero-order valence-corrected chi connectivity index (χ0v) is 21.1. The van der Waals surface area contributed by atoms with E-state index in [1.807, 2.05) is 0 Å². The first-order valence-corrected chi connectivity index (χ1v) is 11.8. The maximum absolute atomic E-state index is 14.5. The van der Waals surface area contributed by atoms with Gasteiger partial charge in [0.2, 0.25) is 5.91 Å². The molecule has 0 saturated heterocycles. The van der Waals surface area contributed by atoms with E-state index in [1.165, 1.54) is 0 Å². The van der Waals surface area contributed by atoms with E-state index in [0.29, 0.717) is 18.2 Å². The molecule has 0 radical (unpaired) electrons. The van der Waals surface area contributed by atoms with Gasteiger partial charge < -0.3 is 16.4 Å². The number of hydrogen-bond acceptors (Lipinski definition) is 3. The van der Waals surface area contributed by atoms with Crippen LogP contribution >= 0.6 is 34.8 Å². The van der Waals surface area contributed by atoms with Crippen molar-refractivity contribution in [3.63, 3.8) is 0 Å². The quantitative estimate of drug-likeness (QED) is 0.161. The number of rotatable bonds is 5. The number of nitrogens with two attached hydrogens (primary N) is 1. The Hall–Kier alpha value is -3.22. The lowest BCUT2D eigenvalue weighted by molar-refractivity contribution is -0.140. The van der Waals surface area contributed by atoms with E-state index in [2.05, 4.69) is 10.6 Å². The third kappa shape index (κ3) is 5.59. The molecule has 3 aromatic rings. The largest absolute Gasteiger partial charge is 0.419 e. The van der Waals surface area contributed by atoms with E-state index in [4.69, 9.17) is 40.5 Å². The molecule has 0 aromatic heterocycles. The second-order valence-corrected chi connectivity index (χ2v) is 10.3. The first-order valence-electron chi connectivity index (χ1n) is 10.6. The summed E-state index contributed by atoms with van der Waals surface area (Å²) in [7, 11) is 0. The van der Waals surface area contributed by atoms with Crippen LogP contribution in [0, 0.1) is 29.2 Å². The number of carbonyl (C=O) groups is 2. The minimum Gasteiger partial charge on any atom is -0.396 e. The zero-order chi connectivity index (χ0) is 29.0. The van der Waals surface area contributed by atoms with Crippen molar-refractivity contribution in [2.45, 2.75) is 16.4 Å². The molecule has 206 valence electrons. The van der Waals surface area contributed by atoms with Gasteiger partial charge in [0.05, 0.1) is 33.4 Å². The molecule has 2 atom stereocenters. The van der Waals surface area contributed by atoms with E-state index < -0.39 is 85.0 Å². The molecule has 1 aliphatic carbocycles. The molecule has 39 heavy (non-hydrogen) atoms. The summed E-state index contributed by atoms with van der Waals surface area (Å²) in [6, 6.07) is 4.89. The van der Waals surface area contributed by atoms with Gasteiger partial charge in [-0.05, 0) is 35.9 Å². The number of anilines is 3. The number of halogens is 10. The van der Waals surface area contributed by atoms with E-state index in [0.717, 1.165) is 24.3 Å². The smallest absolute Gasteiger partial charge is 0.396 e. The Kier molecular flexibility index (Phi) is 7.43. The first-order chi connectivity index (χ1) is 18.0. The molecule has 1 saturated carbocycles. The van der Waals surface area contributed by atoms with Crippen molar-refractivity contribution in [2.75, 3.05) is 16.4 Å². The maximum Gasteiger partial charge on any atom is 0.419 e. The molecule has 5 nitrogen and oxygen atoms in total. The van der Waals surface area contributed by atoms with Gasteiger partial charge in [-0.25, -0.2) is 17.6 Å². The van der Waals surface area contributed by atoms with Crippen LogP contribution in [-0.4, -0.2) is 16.1 Å². The molecular weight excluding hydrogens is 602 g/mol. The fourth-order valence-corrected chi connectivity index (χ4v) is 4.94. The first kappa shape index (κ1) is 28.8. The highest BCUT2D eigenvalue weighted by Gasteiger charge is 2.67. The highest BCUT2D eigenvalue weighted by Crippen LogP contribution is 2.65. The number of nitrogens with one attached hydrogen (secondary N) is 2. The maximum atomic E-state index is 14.5. The molecule has 0 spiro atoms. The van der Waals surface area contributed by atoms with Crippen LogP contribution in [0.5, 0.6) is 0 Å². The molecule has 0 bridgehead atoms. The summed E-state index contributed by atoms with van der Waals surface area (Å²) >= 11 is 18.1. The Labute approximate surface area is 230 Å². The molecule has 1 fully saturated rings. The summed E-state index contributed by atoms with van der Waals surface area (Å²) in [6.07, 6.45) is -5.02. The molecule has 0 aliphatic heterocycles. The van der Waals surface area contributed by atoms with Gasteiger partial charge in [0.1, 0.15) is 27.6 Å². The number of benzene rings is 3. The van der Waals surface area contributed by atoms with Gasteiger partial charge in [-0.15, -0.1) is 23.2 Å². The van der Waals surface area contributed by atoms with Crippen molar-refractivity contribution in [1.29, 1.82) is 0 Å². The predicted octanol–water partition coefficient (Wildman–Crippen LogP) is 7.28. The van der Waals surface area contributed by atoms with Crippen molar-refractivity contribution in [3.05, 3.63) is 87.4 Å². The van der Waals surface area contributed by atoms with Crippen LogP contribution in [0.3, 0.4) is 0 Å². The Morgan fingerprint density at radius 1 is 0.872 bits per heavy atom. The number of amides is 2. The summed E-state index contributed by atoms with van der Waals surface area (Å²) in [5, 5.41) is 3.59. The summed E-state index contributed by atoms with van der Waals surface area (Å²) in [5.41, 5.74) is 1.67. The van der Waals surface area contributed by atoms with Crippen LogP contribution in [0.2, 0.25) is 5.02 Å². The van der Waals surface area contributed by atoms with Crippen LogP contribution in [0.25, 0.3) is 0 Å². The van der Waals surface area contributed by atoms with Crippen molar-refractivity contribution in [3.8, 4) is 0 Å². The molecule has 4 rings (SSSR count). The molecule has 15 heteroatoms. The van der Waals surface area contributed by atoms with Gasteiger partial charge in [0.15, 0.2) is 0 Å². The number of nitrogen functional groups attached to an aromatic ring is 1.